The Morgan fingerprint density at radius 1 is 1.53 bits per heavy atom. The second-order valence-corrected chi connectivity index (χ2v) is 4.22. The number of nitro benzene ring substituents is 1. The van der Waals surface area contributed by atoms with Gasteiger partial charge in [-0.3, -0.25) is 10.1 Å². The fourth-order valence-electron chi connectivity index (χ4n) is 2.06. The Hall–Kier alpha value is -1.91. The smallest absolute Gasteiger partial charge is 0.271 e. The first-order valence-electron chi connectivity index (χ1n) is 5.67. The molecule has 90 valence electrons. The predicted molar refractivity (Wildman–Crippen MR) is 66.1 cm³/mol. The number of non-ortho nitro benzene ring substituents is 1. The molecule has 0 aliphatic rings. The molecule has 0 spiro atoms. The Morgan fingerprint density at radius 2 is 2.24 bits per heavy atom. The summed E-state index contributed by atoms with van der Waals surface area (Å²) in [5, 5.41) is 10.7. The van der Waals surface area contributed by atoms with E-state index >= 15 is 0 Å². The van der Waals surface area contributed by atoms with Gasteiger partial charge in [-0.1, -0.05) is 6.92 Å². The topological polar surface area (TPSA) is 61.0 Å². The molecule has 0 amide bonds. The molecule has 2 aromatic rings. The van der Waals surface area contributed by atoms with Crippen LogP contribution in [0.5, 0.6) is 0 Å². The van der Waals surface area contributed by atoms with Crippen LogP contribution in [0, 0.1) is 17.0 Å². The summed E-state index contributed by atoms with van der Waals surface area (Å²) in [6.45, 7) is 6.16. The highest BCUT2D eigenvalue weighted by atomic mass is 16.6. The molecule has 5 nitrogen and oxygen atoms in total. The second kappa shape index (κ2) is 4.16. The van der Waals surface area contributed by atoms with Crippen LogP contribution < -0.4 is 0 Å². The largest absolute Gasteiger partial charge is 0.325 e. The Bertz CT molecular complexity index is 574. The maximum Gasteiger partial charge on any atom is 0.271 e. The fraction of sp³-hybridized carbons (Fsp3) is 0.417. The maximum absolute atomic E-state index is 10.7. The number of rotatable bonds is 3. The summed E-state index contributed by atoms with van der Waals surface area (Å²) >= 11 is 0. The van der Waals surface area contributed by atoms with Crippen molar-refractivity contribution in [3.8, 4) is 0 Å². The molecule has 1 heterocycles. The second-order valence-electron chi connectivity index (χ2n) is 4.22. The van der Waals surface area contributed by atoms with Crippen molar-refractivity contribution in [2.75, 3.05) is 0 Å². The number of benzene rings is 1. The van der Waals surface area contributed by atoms with E-state index in [1.807, 2.05) is 6.92 Å². The number of aryl methyl sites for hydroxylation is 1. The molecule has 0 aliphatic carbocycles. The van der Waals surface area contributed by atoms with Crippen LogP contribution >= 0.6 is 0 Å². The maximum atomic E-state index is 10.7. The van der Waals surface area contributed by atoms with Crippen molar-refractivity contribution in [2.45, 2.75) is 33.2 Å². The average Bonchev–Trinajstić information content (AvgIpc) is 2.62. The number of fused-ring (bicyclic) bond motifs is 1. The zero-order valence-electron chi connectivity index (χ0n) is 10.2. The minimum Gasteiger partial charge on any atom is -0.325 e. The van der Waals surface area contributed by atoms with Crippen LogP contribution in [-0.4, -0.2) is 14.5 Å². The number of aromatic nitrogens is 2. The van der Waals surface area contributed by atoms with Crippen LogP contribution in [-0.2, 0) is 0 Å². The Balaban J connectivity index is 2.64. The van der Waals surface area contributed by atoms with Gasteiger partial charge in [0, 0.05) is 18.2 Å². The van der Waals surface area contributed by atoms with Crippen molar-refractivity contribution >= 4 is 16.7 Å². The van der Waals surface area contributed by atoms with Gasteiger partial charge < -0.3 is 4.57 Å². The van der Waals surface area contributed by atoms with Crippen molar-refractivity contribution in [2.24, 2.45) is 0 Å². The van der Waals surface area contributed by atoms with Crippen LogP contribution in [0.1, 0.15) is 32.1 Å². The first kappa shape index (κ1) is 11.6. The lowest BCUT2D eigenvalue weighted by Gasteiger charge is -2.13. The third-order valence-electron chi connectivity index (χ3n) is 3.09. The predicted octanol–water partition coefficient (Wildman–Crippen LogP) is 3.22. The number of hydrogen-bond donors (Lipinski definition) is 0. The van der Waals surface area contributed by atoms with E-state index in [0.29, 0.717) is 11.6 Å². The SMILES string of the molecule is CC[C@@H](C)n1c(C)nc2cc([N+](=O)[O-])ccc21. The molecule has 0 aliphatic heterocycles. The highest BCUT2D eigenvalue weighted by molar-refractivity contribution is 5.78. The van der Waals surface area contributed by atoms with Gasteiger partial charge in [0.25, 0.3) is 5.69 Å². The van der Waals surface area contributed by atoms with Gasteiger partial charge in [-0.05, 0) is 26.3 Å². The van der Waals surface area contributed by atoms with Crippen molar-refractivity contribution in [3.05, 3.63) is 34.1 Å². The molecule has 0 fully saturated rings. The van der Waals surface area contributed by atoms with E-state index < -0.39 is 4.92 Å². The standard InChI is InChI=1S/C12H15N3O2/c1-4-8(2)14-9(3)13-11-7-10(15(16)17)5-6-12(11)14/h5-8H,4H2,1-3H3/t8-/m1/s1. The van der Waals surface area contributed by atoms with Crippen LogP contribution in [0.2, 0.25) is 0 Å². The Labute approximate surface area is 99.2 Å². The molecular formula is C12H15N3O2. The zero-order valence-corrected chi connectivity index (χ0v) is 10.2. The highest BCUT2D eigenvalue weighted by Gasteiger charge is 2.14. The molecular weight excluding hydrogens is 218 g/mol. The number of nitrogens with zero attached hydrogens (tertiary/aromatic N) is 3. The van der Waals surface area contributed by atoms with Gasteiger partial charge in [-0.25, -0.2) is 4.98 Å². The Morgan fingerprint density at radius 3 is 2.82 bits per heavy atom. The number of nitro groups is 1. The van der Waals surface area contributed by atoms with Crippen LogP contribution in [0.4, 0.5) is 5.69 Å². The third kappa shape index (κ3) is 1.88. The lowest BCUT2D eigenvalue weighted by Crippen LogP contribution is -2.05. The molecule has 5 heteroatoms. The molecule has 17 heavy (non-hydrogen) atoms. The lowest BCUT2D eigenvalue weighted by atomic mass is 10.2. The normalized spacial score (nSPS) is 12.9. The van der Waals surface area contributed by atoms with Crippen LogP contribution in [0.15, 0.2) is 18.2 Å². The summed E-state index contributed by atoms with van der Waals surface area (Å²) < 4.78 is 2.12. The first-order valence-corrected chi connectivity index (χ1v) is 5.67. The van der Waals surface area contributed by atoms with Crippen molar-refractivity contribution in [3.63, 3.8) is 0 Å². The monoisotopic (exact) mass is 233 g/mol. The van der Waals surface area contributed by atoms with Gasteiger partial charge in [0.05, 0.1) is 16.0 Å². The average molecular weight is 233 g/mol. The summed E-state index contributed by atoms with van der Waals surface area (Å²) in [5.41, 5.74) is 1.74. The van der Waals surface area contributed by atoms with E-state index in [1.54, 1.807) is 6.07 Å². The quantitative estimate of drug-likeness (QED) is 0.604. The third-order valence-corrected chi connectivity index (χ3v) is 3.09. The summed E-state index contributed by atoms with van der Waals surface area (Å²) in [6.07, 6.45) is 1.00. The number of imidazole rings is 1. The van der Waals surface area contributed by atoms with Gasteiger partial charge in [0.15, 0.2) is 0 Å². The zero-order chi connectivity index (χ0) is 12.6. The van der Waals surface area contributed by atoms with E-state index in [0.717, 1.165) is 17.8 Å². The van der Waals surface area contributed by atoms with Crippen molar-refractivity contribution < 1.29 is 4.92 Å². The molecule has 0 saturated carbocycles. The van der Waals surface area contributed by atoms with E-state index in [2.05, 4.69) is 23.4 Å². The van der Waals surface area contributed by atoms with Crippen LogP contribution in [0.3, 0.4) is 0 Å². The molecule has 0 radical (unpaired) electrons. The van der Waals surface area contributed by atoms with Crippen molar-refractivity contribution in [1.29, 1.82) is 0 Å². The molecule has 1 atom stereocenters. The van der Waals surface area contributed by atoms with E-state index in [-0.39, 0.29) is 5.69 Å². The minimum atomic E-state index is -0.392. The van der Waals surface area contributed by atoms with E-state index in [9.17, 15) is 10.1 Å². The Kier molecular flexibility index (Phi) is 2.83. The van der Waals surface area contributed by atoms with Gasteiger partial charge in [-0.15, -0.1) is 0 Å². The first-order chi connectivity index (χ1) is 8.04. The fourth-order valence-corrected chi connectivity index (χ4v) is 2.06. The highest BCUT2D eigenvalue weighted by Crippen LogP contribution is 2.25. The van der Waals surface area contributed by atoms with E-state index in [1.165, 1.54) is 12.1 Å². The summed E-state index contributed by atoms with van der Waals surface area (Å²) in [5.74, 6) is 0.898. The molecule has 1 aromatic carbocycles. The minimum absolute atomic E-state index is 0.0892. The van der Waals surface area contributed by atoms with Gasteiger partial charge >= 0.3 is 0 Å². The summed E-state index contributed by atoms with van der Waals surface area (Å²) in [6, 6.07) is 5.19. The van der Waals surface area contributed by atoms with Crippen molar-refractivity contribution in [1.82, 2.24) is 9.55 Å². The van der Waals surface area contributed by atoms with Gasteiger partial charge in [0.1, 0.15) is 5.82 Å². The number of hydrogen-bond acceptors (Lipinski definition) is 3. The lowest BCUT2D eigenvalue weighted by molar-refractivity contribution is -0.384. The molecule has 0 bridgehead atoms. The molecule has 2 rings (SSSR count). The summed E-state index contributed by atoms with van der Waals surface area (Å²) in [7, 11) is 0. The van der Waals surface area contributed by atoms with Gasteiger partial charge in [0.2, 0.25) is 0 Å². The van der Waals surface area contributed by atoms with E-state index in [4.69, 9.17) is 0 Å². The molecule has 0 saturated heterocycles. The molecule has 0 unspecified atom stereocenters. The summed E-state index contributed by atoms with van der Waals surface area (Å²) in [4.78, 5) is 14.7. The molecule has 0 N–H and O–H groups in total. The molecule has 1 aromatic heterocycles. The van der Waals surface area contributed by atoms with Crippen LogP contribution in [0.25, 0.3) is 11.0 Å². The van der Waals surface area contributed by atoms with Gasteiger partial charge in [-0.2, -0.15) is 0 Å².